The van der Waals surface area contributed by atoms with E-state index in [0.29, 0.717) is 25.9 Å². The number of rotatable bonds is 2. The standard InChI is InChI=1S/C8H15FN2O2/c9-7(5-10)6-1-3-11(4-2-6)8(12)13/h6-7H,1-5,10H2,(H,12,13). The van der Waals surface area contributed by atoms with Crippen LogP contribution in [0.4, 0.5) is 9.18 Å². The van der Waals surface area contributed by atoms with Gasteiger partial charge in [-0.3, -0.25) is 0 Å². The number of hydrogen-bond donors (Lipinski definition) is 2. The maximum atomic E-state index is 13.1. The molecule has 4 nitrogen and oxygen atoms in total. The number of alkyl halides is 1. The summed E-state index contributed by atoms with van der Waals surface area (Å²) < 4.78 is 13.1. The lowest BCUT2D eigenvalue weighted by atomic mass is 9.92. The topological polar surface area (TPSA) is 66.6 Å². The first-order valence-electron chi connectivity index (χ1n) is 4.47. The summed E-state index contributed by atoms with van der Waals surface area (Å²) in [6, 6.07) is 0. The van der Waals surface area contributed by atoms with Gasteiger partial charge in [-0.05, 0) is 18.8 Å². The Labute approximate surface area is 76.5 Å². The van der Waals surface area contributed by atoms with Gasteiger partial charge in [0.2, 0.25) is 0 Å². The Kier molecular flexibility index (Phi) is 3.48. The van der Waals surface area contributed by atoms with Crippen LogP contribution in [-0.2, 0) is 0 Å². The normalized spacial score (nSPS) is 21.5. The summed E-state index contributed by atoms with van der Waals surface area (Å²) in [5.74, 6) is -0.0550. The monoisotopic (exact) mass is 190 g/mol. The Morgan fingerprint density at radius 1 is 1.62 bits per heavy atom. The number of amides is 1. The first-order valence-corrected chi connectivity index (χ1v) is 4.47. The largest absolute Gasteiger partial charge is 0.465 e. The van der Waals surface area contributed by atoms with Crippen molar-refractivity contribution in [1.29, 1.82) is 0 Å². The van der Waals surface area contributed by atoms with Crippen molar-refractivity contribution >= 4 is 6.09 Å². The Hall–Kier alpha value is -0.840. The van der Waals surface area contributed by atoms with Crippen molar-refractivity contribution < 1.29 is 14.3 Å². The Bertz CT molecular complexity index is 181. The van der Waals surface area contributed by atoms with Crippen molar-refractivity contribution in [3.63, 3.8) is 0 Å². The molecule has 0 aliphatic carbocycles. The summed E-state index contributed by atoms with van der Waals surface area (Å²) in [6.07, 6.45) is -0.715. The van der Waals surface area contributed by atoms with Crippen LogP contribution in [0.25, 0.3) is 0 Å². The van der Waals surface area contributed by atoms with E-state index >= 15 is 0 Å². The predicted molar refractivity (Wildman–Crippen MR) is 46.3 cm³/mol. The van der Waals surface area contributed by atoms with Gasteiger partial charge in [0, 0.05) is 19.6 Å². The Morgan fingerprint density at radius 3 is 2.54 bits per heavy atom. The third-order valence-electron chi connectivity index (χ3n) is 2.55. The highest BCUT2D eigenvalue weighted by atomic mass is 19.1. The molecule has 0 bridgehead atoms. The van der Waals surface area contributed by atoms with Gasteiger partial charge < -0.3 is 15.7 Å². The maximum Gasteiger partial charge on any atom is 0.407 e. The van der Waals surface area contributed by atoms with E-state index in [0.717, 1.165) is 0 Å². The number of piperidine rings is 1. The lowest BCUT2D eigenvalue weighted by molar-refractivity contribution is 0.103. The highest BCUT2D eigenvalue weighted by molar-refractivity contribution is 5.64. The third-order valence-corrected chi connectivity index (χ3v) is 2.55. The highest BCUT2D eigenvalue weighted by Crippen LogP contribution is 2.22. The fourth-order valence-electron chi connectivity index (χ4n) is 1.64. The van der Waals surface area contributed by atoms with Gasteiger partial charge in [-0.2, -0.15) is 0 Å². The molecule has 1 rings (SSSR count). The molecule has 0 aromatic carbocycles. The lowest BCUT2D eigenvalue weighted by Crippen LogP contribution is -2.41. The highest BCUT2D eigenvalue weighted by Gasteiger charge is 2.27. The van der Waals surface area contributed by atoms with Crippen LogP contribution in [0.1, 0.15) is 12.8 Å². The van der Waals surface area contributed by atoms with E-state index in [1.54, 1.807) is 0 Å². The molecule has 5 heteroatoms. The molecule has 0 aromatic rings. The summed E-state index contributed by atoms with van der Waals surface area (Å²) in [5, 5.41) is 8.63. The minimum Gasteiger partial charge on any atom is -0.465 e. The molecule has 0 aromatic heterocycles. The smallest absolute Gasteiger partial charge is 0.407 e. The molecule has 1 aliphatic rings. The molecule has 0 saturated carbocycles. The maximum absolute atomic E-state index is 13.1. The van der Waals surface area contributed by atoms with Gasteiger partial charge in [0.15, 0.2) is 0 Å². The average Bonchev–Trinajstić information content (AvgIpc) is 2.17. The number of nitrogens with two attached hydrogens (primary N) is 1. The zero-order chi connectivity index (χ0) is 9.84. The molecular weight excluding hydrogens is 175 g/mol. The van der Waals surface area contributed by atoms with Crippen LogP contribution in [0.5, 0.6) is 0 Å². The van der Waals surface area contributed by atoms with Gasteiger partial charge in [-0.15, -0.1) is 0 Å². The van der Waals surface area contributed by atoms with Crippen LogP contribution in [0.15, 0.2) is 0 Å². The number of carboxylic acid groups (broad SMARTS) is 1. The van der Waals surface area contributed by atoms with E-state index in [2.05, 4.69) is 0 Å². The minimum absolute atomic E-state index is 0.0394. The second-order valence-corrected chi connectivity index (χ2v) is 3.36. The van der Waals surface area contributed by atoms with E-state index in [9.17, 15) is 9.18 Å². The molecule has 0 radical (unpaired) electrons. The van der Waals surface area contributed by atoms with Crippen molar-refractivity contribution in [3.8, 4) is 0 Å². The Morgan fingerprint density at radius 2 is 2.15 bits per heavy atom. The number of likely N-dealkylation sites (tertiary alicyclic amines) is 1. The molecule has 3 N–H and O–H groups in total. The zero-order valence-electron chi connectivity index (χ0n) is 7.45. The van der Waals surface area contributed by atoms with Crippen molar-refractivity contribution in [1.82, 2.24) is 4.90 Å². The van der Waals surface area contributed by atoms with Crippen LogP contribution < -0.4 is 5.73 Å². The summed E-state index contributed by atoms with van der Waals surface area (Å²) in [5.41, 5.74) is 5.19. The molecule has 1 heterocycles. The molecule has 0 spiro atoms. The van der Waals surface area contributed by atoms with Crippen LogP contribution >= 0.6 is 0 Å². The van der Waals surface area contributed by atoms with Gasteiger partial charge in [0.1, 0.15) is 6.17 Å². The van der Waals surface area contributed by atoms with Gasteiger partial charge in [0.05, 0.1) is 0 Å². The van der Waals surface area contributed by atoms with E-state index in [1.807, 2.05) is 0 Å². The fourth-order valence-corrected chi connectivity index (χ4v) is 1.64. The molecule has 1 aliphatic heterocycles. The minimum atomic E-state index is -0.976. The van der Waals surface area contributed by atoms with E-state index in [-0.39, 0.29) is 12.5 Å². The molecule has 76 valence electrons. The van der Waals surface area contributed by atoms with Gasteiger partial charge in [0.25, 0.3) is 0 Å². The van der Waals surface area contributed by atoms with E-state index in [1.165, 1.54) is 4.90 Å². The van der Waals surface area contributed by atoms with Crippen molar-refractivity contribution in [3.05, 3.63) is 0 Å². The second-order valence-electron chi connectivity index (χ2n) is 3.36. The number of nitrogens with zero attached hydrogens (tertiary/aromatic N) is 1. The van der Waals surface area contributed by atoms with E-state index in [4.69, 9.17) is 10.8 Å². The van der Waals surface area contributed by atoms with Crippen LogP contribution in [-0.4, -0.2) is 41.9 Å². The Balaban J connectivity index is 2.34. The van der Waals surface area contributed by atoms with Crippen LogP contribution in [0.3, 0.4) is 0 Å². The second kappa shape index (κ2) is 4.41. The third kappa shape index (κ3) is 2.55. The summed E-state index contributed by atoms with van der Waals surface area (Å²) >= 11 is 0. The molecule has 1 unspecified atom stereocenters. The van der Waals surface area contributed by atoms with Crippen molar-refractivity contribution in [2.24, 2.45) is 11.7 Å². The lowest BCUT2D eigenvalue weighted by Gasteiger charge is -2.31. The van der Waals surface area contributed by atoms with E-state index < -0.39 is 12.3 Å². The SMILES string of the molecule is NCC(F)C1CCN(C(=O)O)CC1. The number of carbonyl (C=O) groups is 1. The van der Waals surface area contributed by atoms with Crippen molar-refractivity contribution in [2.75, 3.05) is 19.6 Å². The molecule has 1 fully saturated rings. The molecule has 1 amide bonds. The fraction of sp³-hybridized carbons (Fsp3) is 0.875. The first kappa shape index (κ1) is 10.2. The first-order chi connectivity index (χ1) is 6.15. The van der Waals surface area contributed by atoms with Gasteiger partial charge in [-0.1, -0.05) is 0 Å². The molecule has 1 atom stereocenters. The molecule has 1 saturated heterocycles. The number of hydrogen-bond acceptors (Lipinski definition) is 2. The predicted octanol–water partition coefficient (Wildman–Crippen LogP) is 0.673. The molecular formula is C8H15FN2O2. The summed E-state index contributed by atoms with van der Waals surface area (Å²) in [6.45, 7) is 0.901. The zero-order valence-corrected chi connectivity index (χ0v) is 7.45. The van der Waals surface area contributed by atoms with Crippen LogP contribution in [0, 0.1) is 5.92 Å². The van der Waals surface area contributed by atoms with Crippen LogP contribution in [0.2, 0.25) is 0 Å². The van der Waals surface area contributed by atoms with Crippen molar-refractivity contribution in [2.45, 2.75) is 19.0 Å². The quantitative estimate of drug-likeness (QED) is 0.672. The summed E-state index contributed by atoms with van der Waals surface area (Å²) in [7, 11) is 0. The number of halogens is 1. The van der Waals surface area contributed by atoms with Gasteiger partial charge in [-0.25, -0.2) is 9.18 Å². The average molecular weight is 190 g/mol. The molecule has 13 heavy (non-hydrogen) atoms. The van der Waals surface area contributed by atoms with Gasteiger partial charge >= 0.3 is 6.09 Å². The summed E-state index contributed by atoms with van der Waals surface area (Å²) in [4.78, 5) is 11.8.